The number of aliphatic hydroxyl groups is 4. The topological polar surface area (TPSA) is 107 Å². The van der Waals surface area contributed by atoms with E-state index >= 15 is 0 Å². The number of rotatable bonds is 8. The first-order valence-corrected chi connectivity index (χ1v) is 7.44. The molecule has 116 valence electrons. The lowest BCUT2D eigenvalue weighted by atomic mass is 10.4. The van der Waals surface area contributed by atoms with Gasteiger partial charge in [-0.2, -0.15) is 0 Å². The molecule has 0 aromatic rings. The van der Waals surface area contributed by atoms with Crippen LogP contribution in [0.5, 0.6) is 0 Å². The van der Waals surface area contributed by atoms with Crippen LogP contribution in [0, 0.1) is 0 Å². The van der Waals surface area contributed by atoms with E-state index in [2.05, 4.69) is 0 Å². The van der Waals surface area contributed by atoms with Crippen molar-refractivity contribution in [3.05, 3.63) is 0 Å². The highest BCUT2D eigenvalue weighted by molar-refractivity contribution is 7.39. The van der Waals surface area contributed by atoms with Crippen LogP contribution in [-0.4, -0.2) is 90.8 Å². The average molecular weight is 301 g/mol. The lowest BCUT2D eigenvalue weighted by Gasteiger charge is -2.22. The van der Waals surface area contributed by atoms with Gasteiger partial charge < -0.3 is 24.9 Å². The van der Waals surface area contributed by atoms with Crippen molar-refractivity contribution in [2.24, 2.45) is 0 Å². The maximum absolute atomic E-state index is 11.1. The molecule has 0 bridgehead atoms. The van der Waals surface area contributed by atoms with Crippen LogP contribution in [0.15, 0.2) is 0 Å². The number of hydrogen-bond acceptors (Lipinski definition) is 6. The van der Waals surface area contributed by atoms with Crippen molar-refractivity contribution < 1.29 is 34.0 Å². The largest absolute Gasteiger partial charge is 0.511 e. The number of hydrogen-bond donors (Lipinski definition) is 4. The van der Waals surface area contributed by atoms with Gasteiger partial charge in [0.25, 0.3) is 0 Å². The minimum atomic E-state index is -1.85. The van der Waals surface area contributed by atoms with E-state index in [1.54, 1.807) is 0 Å². The zero-order chi connectivity index (χ0) is 15.5. The van der Waals surface area contributed by atoms with Gasteiger partial charge in [-0.3, -0.25) is 0 Å². The number of aliphatic hydroxyl groups excluding tert-OH is 4. The van der Waals surface area contributed by atoms with Crippen molar-refractivity contribution in [1.29, 1.82) is 0 Å². The van der Waals surface area contributed by atoms with Crippen LogP contribution in [0.1, 0.15) is 6.92 Å². The first kappa shape index (κ1) is 21.2. The van der Waals surface area contributed by atoms with Gasteiger partial charge in [0, 0.05) is 0 Å². The molecule has 0 spiro atoms. The summed E-state index contributed by atoms with van der Waals surface area (Å²) < 4.78 is 16.9. The van der Waals surface area contributed by atoms with Crippen molar-refractivity contribution in [2.75, 3.05) is 53.7 Å². The van der Waals surface area contributed by atoms with Crippen LogP contribution in [0.25, 0.3) is 0 Å². The molecule has 3 unspecified atom stereocenters. The molecule has 0 aromatic heterocycles. The molecule has 0 radical (unpaired) electrons. The molecule has 0 aliphatic heterocycles. The SMILES string of the molecule is CC(O)CO.C[N+](C)(C)CCO[P+](=O)CC(O)CO. The van der Waals surface area contributed by atoms with E-state index in [9.17, 15) is 4.57 Å². The second-order valence-corrected chi connectivity index (χ2v) is 6.52. The predicted octanol–water partition coefficient (Wildman–Crippen LogP) is -0.836. The summed E-state index contributed by atoms with van der Waals surface area (Å²) in [6.07, 6.45) is -1.50. The van der Waals surface area contributed by atoms with Gasteiger partial charge >= 0.3 is 8.03 Å². The summed E-state index contributed by atoms with van der Waals surface area (Å²) in [7, 11) is 4.19. The fourth-order valence-corrected chi connectivity index (χ4v) is 1.55. The van der Waals surface area contributed by atoms with Crippen molar-refractivity contribution in [1.82, 2.24) is 0 Å². The van der Waals surface area contributed by atoms with Gasteiger partial charge in [-0.15, -0.1) is 4.52 Å². The van der Waals surface area contributed by atoms with Gasteiger partial charge in [0.1, 0.15) is 12.6 Å². The molecule has 0 aromatic carbocycles. The molecule has 0 heterocycles. The van der Waals surface area contributed by atoms with Crippen molar-refractivity contribution in [2.45, 2.75) is 19.1 Å². The van der Waals surface area contributed by atoms with Crippen LogP contribution >= 0.6 is 8.03 Å². The Morgan fingerprint density at radius 2 is 1.63 bits per heavy atom. The normalized spacial score (nSPS) is 15.3. The summed E-state index contributed by atoms with van der Waals surface area (Å²) in [5.41, 5.74) is 0. The summed E-state index contributed by atoms with van der Waals surface area (Å²) in [6.45, 7) is 2.17. The third-order valence-electron chi connectivity index (χ3n) is 1.83. The summed E-state index contributed by atoms with van der Waals surface area (Å²) in [6, 6.07) is 0. The van der Waals surface area contributed by atoms with Gasteiger partial charge in [-0.1, -0.05) is 0 Å². The van der Waals surface area contributed by atoms with Crippen LogP contribution < -0.4 is 0 Å². The Morgan fingerprint density at radius 3 is 1.95 bits per heavy atom. The second-order valence-electron chi connectivity index (χ2n) is 5.23. The van der Waals surface area contributed by atoms with Crippen molar-refractivity contribution in [3.63, 3.8) is 0 Å². The van der Waals surface area contributed by atoms with Crippen LogP contribution in [0.3, 0.4) is 0 Å². The molecule has 7 nitrogen and oxygen atoms in total. The number of quaternary nitrogens is 1. The monoisotopic (exact) mass is 301 g/mol. The molecule has 0 saturated carbocycles. The van der Waals surface area contributed by atoms with E-state index in [1.165, 1.54) is 6.92 Å². The van der Waals surface area contributed by atoms with Gasteiger partial charge in [-0.05, 0) is 11.5 Å². The van der Waals surface area contributed by atoms with E-state index in [0.29, 0.717) is 6.61 Å². The van der Waals surface area contributed by atoms with E-state index in [4.69, 9.17) is 24.9 Å². The standard InChI is InChI=1S/C8H20NO4P.C3H8O2/c1-9(2,3)4-5-13-14(12)7-8(11)6-10;1-3(5)2-4/h8,10-11H,4-7H2,1-3H3;3-5H,2H2,1H3/q+2;. The fraction of sp³-hybridized carbons (Fsp3) is 1.00. The first-order chi connectivity index (χ1) is 8.62. The fourth-order valence-electron chi connectivity index (χ4n) is 0.699. The molecule has 0 aliphatic carbocycles. The summed E-state index contributed by atoms with van der Waals surface area (Å²) in [5.74, 6) is 0. The quantitative estimate of drug-likeness (QED) is 0.344. The highest BCUT2D eigenvalue weighted by atomic mass is 31.1. The van der Waals surface area contributed by atoms with E-state index < -0.39 is 20.2 Å². The highest BCUT2D eigenvalue weighted by Gasteiger charge is 2.23. The summed E-state index contributed by atoms with van der Waals surface area (Å²) in [4.78, 5) is 0. The van der Waals surface area contributed by atoms with Crippen LogP contribution in [-0.2, 0) is 9.09 Å². The summed E-state index contributed by atoms with van der Waals surface area (Å²) >= 11 is 0. The molecular weight excluding hydrogens is 273 g/mol. The van der Waals surface area contributed by atoms with Crippen molar-refractivity contribution in [3.8, 4) is 0 Å². The predicted molar refractivity (Wildman–Crippen MR) is 73.2 cm³/mol. The molecule has 0 rings (SSSR count). The third kappa shape index (κ3) is 20.3. The Morgan fingerprint density at radius 1 is 1.16 bits per heavy atom. The van der Waals surface area contributed by atoms with E-state index in [0.717, 1.165) is 11.0 Å². The zero-order valence-electron chi connectivity index (χ0n) is 12.2. The van der Waals surface area contributed by atoms with Crippen LogP contribution in [0.4, 0.5) is 0 Å². The minimum Gasteiger partial charge on any atom is -0.394 e. The third-order valence-corrected chi connectivity index (χ3v) is 3.02. The molecule has 0 amide bonds. The smallest absolute Gasteiger partial charge is 0.394 e. The highest BCUT2D eigenvalue weighted by Crippen LogP contribution is 2.22. The zero-order valence-corrected chi connectivity index (χ0v) is 13.1. The molecule has 0 saturated heterocycles. The Labute approximate surface area is 115 Å². The van der Waals surface area contributed by atoms with Gasteiger partial charge in [-0.25, -0.2) is 0 Å². The maximum Gasteiger partial charge on any atom is 0.511 e. The lowest BCUT2D eigenvalue weighted by molar-refractivity contribution is -0.870. The van der Waals surface area contributed by atoms with E-state index in [1.807, 2.05) is 21.1 Å². The van der Waals surface area contributed by atoms with Gasteiger partial charge in [0.05, 0.1) is 40.5 Å². The molecular formula is C11H28NO6P+2. The average Bonchev–Trinajstić information content (AvgIpc) is 2.27. The Hall–Kier alpha value is -0.140. The molecule has 0 aliphatic rings. The lowest BCUT2D eigenvalue weighted by Crippen LogP contribution is -2.37. The maximum atomic E-state index is 11.1. The van der Waals surface area contributed by atoms with Gasteiger partial charge in [0.15, 0.2) is 6.61 Å². The first-order valence-electron chi connectivity index (χ1n) is 6.08. The number of nitrogens with zero attached hydrogens (tertiary/aromatic N) is 1. The Balaban J connectivity index is 0. The van der Waals surface area contributed by atoms with Gasteiger partial charge in [0.2, 0.25) is 6.16 Å². The Kier molecular flexibility index (Phi) is 13.0. The van der Waals surface area contributed by atoms with Crippen molar-refractivity contribution >= 4 is 8.03 Å². The molecule has 8 heteroatoms. The minimum absolute atomic E-state index is 0.00295. The summed E-state index contributed by atoms with van der Waals surface area (Å²) in [5, 5.41) is 33.5. The number of likely N-dealkylation sites (N-methyl/N-ethyl adjacent to an activating group) is 1. The molecule has 0 fully saturated rings. The Bertz CT molecular complexity index is 232. The van der Waals surface area contributed by atoms with Crippen LogP contribution in [0.2, 0.25) is 0 Å². The second kappa shape index (κ2) is 11.7. The molecule has 4 N–H and O–H groups in total. The molecule has 3 atom stereocenters. The van der Waals surface area contributed by atoms with E-state index in [-0.39, 0.29) is 19.4 Å². The molecule has 19 heavy (non-hydrogen) atoms.